The molecule has 1 amide bonds. The Morgan fingerprint density at radius 3 is 2.84 bits per heavy atom. The van der Waals surface area contributed by atoms with Crippen LogP contribution in [-0.4, -0.2) is 41.5 Å². The van der Waals surface area contributed by atoms with Gasteiger partial charge >= 0.3 is 0 Å². The molecule has 1 N–H and O–H groups in total. The fourth-order valence-corrected chi connectivity index (χ4v) is 3.99. The monoisotopic (exact) mass is 361 g/mol. The molecule has 1 aliphatic rings. The Morgan fingerprint density at radius 2 is 2.12 bits per heavy atom. The first-order chi connectivity index (χ1) is 12.2. The summed E-state index contributed by atoms with van der Waals surface area (Å²) in [5.74, 6) is -0.305. The van der Waals surface area contributed by atoms with E-state index < -0.39 is 0 Å². The smallest absolute Gasteiger partial charge is 0.226 e. The van der Waals surface area contributed by atoms with E-state index in [2.05, 4.69) is 22.1 Å². The Labute approximate surface area is 152 Å². The first-order valence-corrected chi connectivity index (χ1v) is 9.74. The van der Waals surface area contributed by atoms with Gasteiger partial charge < -0.3 is 10.2 Å². The maximum Gasteiger partial charge on any atom is 0.226 e. The van der Waals surface area contributed by atoms with Crippen LogP contribution < -0.4 is 5.32 Å². The number of nitrogens with one attached hydrogen (secondary N) is 1. The summed E-state index contributed by atoms with van der Waals surface area (Å²) in [5, 5.41) is 5.56. The lowest BCUT2D eigenvalue weighted by atomic mass is 10.2. The van der Waals surface area contributed by atoms with Gasteiger partial charge in [-0.3, -0.25) is 4.79 Å². The van der Waals surface area contributed by atoms with Crippen molar-refractivity contribution in [2.75, 3.05) is 19.6 Å². The number of halogens is 1. The number of rotatable bonds is 7. The zero-order chi connectivity index (χ0) is 17.6. The summed E-state index contributed by atoms with van der Waals surface area (Å²) in [7, 11) is 0. The largest absolute Gasteiger partial charge is 0.352 e. The summed E-state index contributed by atoms with van der Waals surface area (Å²) in [5.41, 5.74) is 1.18. The summed E-state index contributed by atoms with van der Waals surface area (Å²) < 4.78 is 13.8. The number of likely N-dealkylation sites (tertiary alicyclic amines) is 1. The molecular formula is C19H24FN3OS. The molecule has 2 heterocycles. The molecule has 1 aromatic heterocycles. The highest BCUT2D eigenvalue weighted by Crippen LogP contribution is 2.26. The number of aromatic nitrogens is 1. The van der Waals surface area contributed by atoms with Gasteiger partial charge in [0.25, 0.3) is 0 Å². The summed E-state index contributed by atoms with van der Waals surface area (Å²) in [6, 6.07) is 6.76. The number of benzene rings is 1. The third-order valence-electron chi connectivity index (χ3n) is 4.53. The second-order valence-corrected chi connectivity index (χ2v) is 7.34. The quantitative estimate of drug-likeness (QED) is 0.821. The minimum Gasteiger partial charge on any atom is -0.352 e. The summed E-state index contributed by atoms with van der Waals surface area (Å²) in [6.07, 6.45) is 3.66. The minimum absolute atomic E-state index is 0.0172. The van der Waals surface area contributed by atoms with E-state index in [1.807, 2.05) is 5.38 Å². The van der Waals surface area contributed by atoms with Gasteiger partial charge in [0.05, 0.1) is 12.1 Å². The molecule has 2 aromatic rings. The lowest BCUT2D eigenvalue weighted by molar-refractivity contribution is -0.121. The predicted octanol–water partition coefficient (Wildman–Crippen LogP) is 3.48. The van der Waals surface area contributed by atoms with E-state index in [0.29, 0.717) is 16.3 Å². The summed E-state index contributed by atoms with van der Waals surface area (Å²) in [6.45, 7) is 5.27. The van der Waals surface area contributed by atoms with Gasteiger partial charge in [0.15, 0.2) is 0 Å². The number of amides is 1. The van der Waals surface area contributed by atoms with Crippen LogP contribution in [-0.2, 0) is 11.2 Å². The lowest BCUT2D eigenvalue weighted by Crippen LogP contribution is -2.43. The highest BCUT2D eigenvalue weighted by Gasteiger charge is 2.18. The number of hydrogen-bond acceptors (Lipinski definition) is 4. The number of hydrogen-bond donors (Lipinski definition) is 1. The van der Waals surface area contributed by atoms with E-state index in [0.717, 1.165) is 26.1 Å². The molecule has 1 aliphatic heterocycles. The fraction of sp³-hybridized carbons (Fsp3) is 0.474. The Kier molecular flexibility index (Phi) is 6.15. The molecule has 6 heteroatoms. The van der Waals surface area contributed by atoms with Crippen LogP contribution in [0.3, 0.4) is 0 Å². The molecule has 0 bridgehead atoms. The van der Waals surface area contributed by atoms with Crippen molar-refractivity contribution in [1.82, 2.24) is 15.2 Å². The first kappa shape index (κ1) is 18.0. The molecule has 0 aliphatic carbocycles. The van der Waals surface area contributed by atoms with Gasteiger partial charge in [0, 0.05) is 23.5 Å². The van der Waals surface area contributed by atoms with Gasteiger partial charge in [-0.15, -0.1) is 11.3 Å². The van der Waals surface area contributed by atoms with Crippen molar-refractivity contribution in [3.8, 4) is 10.6 Å². The lowest BCUT2D eigenvalue weighted by Gasteiger charge is -2.23. The van der Waals surface area contributed by atoms with E-state index in [1.54, 1.807) is 18.2 Å². The molecule has 3 rings (SSSR count). The minimum atomic E-state index is -0.287. The normalized spacial score (nSPS) is 16.1. The zero-order valence-corrected chi connectivity index (χ0v) is 15.3. The van der Waals surface area contributed by atoms with E-state index in [1.165, 1.54) is 30.2 Å². The van der Waals surface area contributed by atoms with Gasteiger partial charge in [-0.05, 0) is 44.5 Å². The average Bonchev–Trinajstić information content (AvgIpc) is 3.26. The standard InChI is InChI=1S/C19H24FN3OS/c1-2-14(12-23-9-5-6-10-23)21-18(24)11-15-13-25-19(22-15)16-7-3-4-8-17(16)20/h3-4,7-8,13-14H,2,5-6,9-12H2,1H3,(H,21,24)/t14-/m1/s1. The Morgan fingerprint density at radius 1 is 1.36 bits per heavy atom. The van der Waals surface area contributed by atoms with Crippen molar-refractivity contribution in [3.63, 3.8) is 0 Å². The van der Waals surface area contributed by atoms with E-state index in [4.69, 9.17) is 0 Å². The van der Waals surface area contributed by atoms with E-state index in [9.17, 15) is 9.18 Å². The molecule has 0 saturated carbocycles. The van der Waals surface area contributed by atoms with Crippen molar-refractivity contribution in [1.29, 1.82) is 0 Å². The van der Waals surface area contributed by atoms with Crippen LogP contribution in [0.15, 0.2) is 29.6 Å². The summed E-state index contributed by atoms with van der Waals surface area (Å²) >= 11 is 1.37. The highest BCUT2D eigenvalue weighted by molar-refractivity contribution is 7.13. The van der Waals surface area contributed by atoms with Crippen LogP contribution >= 0.6 is 11.3 Å². The number of thiazole rings is 1. The van der Waals surface area contributed by atoms with Gasteiger partial charge in [0.1, 0.15) is 10.8 Å². The topological polar surface area (TPSA) is 45.2 Å². The Hall–Kier alpha value is -1.79. The van der Waals surface area contributed by atoms with Crippen LogP contribution in [0.1, 0.15) is 31.9 Å². The number of nitrogens with zero attached hydrogens (tertiary/aromatic N) is 2. The Balaban J connectivity index is 1.56. The second-order valence-electron chi connectivity index (χ2n) is 6.48. The predicted molar refractivity (Wildman–Crippen MR) is 99.1 cm³/mol. The molecule has 1 fully saturated rings. The first-order valence-electron chi connectivity index (χ1n) is 8.86. The van der Waals surface area contributed by atoms with Gasteiger partial charge in [-0.25, -0.2) is 9.37 Å². The molecule has 0 spiro atoms. The third-order valence-corrected chi connectivity index (χ3v) is 5.46. The zero-order valence-electron chi connectivity index (χ0n) is 14.5. The maximum absolute atomic E-state index is 13.8. The molecule has 1 atom stereocenters. The van der Waals surface area contributed by atoms with Crippen molar-refractivity contribution in [2.24, 2.45) is 0 Å². The Bertz CT molecular complexity index is 712. The van der Waals surface area contributed by atoms with Gasteiger partial charge in [-0.2, -0.15) is 0 Å². The maximum atomic E-state index is 13.8. The number of carbonyl (C=O) groups excluding carboxylic acids is 1. The van der Waals surface area contributed by atoms with E-state index in [-0.39, 0.29) is 24.2 Å². The van der Waals surface area contributed by atoms with Crippen LogP contribution in [0.2, 0.25) is 0 Å². The fourth-order valence-electron chi connectivity index (χ4n) is 3.14. The summed E-state index contributed by atoms with van der Waals surface area (Å²) in [4.78, 5) is 19.2. The third kappa shape index (κ3) is 4.86. The van der Waals surface area contributed by atoms with E-state index >= 15 is 0 Å². The van der Waals surface area contributed by atoms with Crippen LogP contribution in [0, 0.1) is 5.82 Å². The molecule has 1 aromatic carbocycles. The SMILES string of the molecule is CC[C@H](CN1CCCC1)NC(=O)Cc1csc(-c2ccccc2F)n1. The highest BCUT2D eigenvalue weighted by atomic mass is 32.1. The van der Waals surface area contributed by atoms with Crippen LogP contribution in [0.4, 0.5) is 4.39 Å². The molecule has 134 valence electrons. The molecule has 25 heavy (non-hydrogen) atoms. The van der Waals surface area contributed by atoms with Crippen molar-refractivity contribution in [3.05, 3.63) is 41.2 Å². The molecule has 4 nitrogen and oxygen atoms in total. The molecule has 0 radical (unpaired) electrons. The molecule has 1 saturated heterocycles. The van der Waals surface area contributed by atoms with Crippen LogP contribution in [0.25, 0.3) is 10.6 Å². The molecule has 0 unspecified atom stereocenters. The van der Waals surface area contributed by atoms with Crippen LogP contribution in [0.5, 0.6) is 0 Å². The van der Waals surface area contributed by atoms with Crippen molar-refractivity contribution < 1.29 is 9.18 Å². The number of carbonyl (C=O) groups is 1. The van der Waals surface area contributed by atoms with Crippen molar-refractivity contribution >= 4 is 17.2 Å². The average molecular weight is 361 g/mol. The van der Waals surface area contributed by atoms with Gasteiger partial charge in [-0.1, -0.05) is 19.1 Å². The second kappa shape index (κ2) is 8.54. The molecular weight excluding hydrogens is 337 g/mol. The van der Waals surface area contributed by atoms with Crippen molar-refractivity contribution in [2.45, 2.75) is 38.6 Å². The van der Waals surface area contributed by atoms with Gasteiger partial charge in [0.2, 0.25) is 5.91 Å².